The number of carbonyl (C=O) groups is 1. The van der Waals surface area contributed by atoms with Gasteiger partial charge in [-0.2, -0.15) is 0 Å². The molecule has 0 aliphatic rings. The van der Waals surface area contributed by atoms with Crippen LogP contribution >= 0.6 is 22.9 Å². The van der Waals surface area contributed by atoms with Crippen LogP contribution in [0.5, 0.6) is 0 Å². The van der Waals surface area contributed by atoms with Crippen molar-refractivity contribution in [1.82, 2.24) is 0 Å². The van der Waals surface area contributed by atoms with E-state index in [0.717, 1.165) is 4.70 Å². The lowest BCUT2D eigenvalue weighted by Crippen LogP contribution is -1.98. The summed E-state index contributed by atoms with van der Waals surface area (Å²) in [6, 6.07) is 4.54. The van der Waals surface area contributed by atoms with E-state index < -0.39 is 4.92 Å². The molecular weight excluding hydrogens is 262 g/mol. The van der Waals surface area contributed by atoms with Gasteiger partial charge < -0.3 is 0 Å². The number of alkyl halides is 1. The minimum atomic E-state index is -0.465. The van der Waals surface area contributed by atoms with Crippen LogP contribution in [0.25, 0.3) is 10.1 Å². The number of hydrogen-bond donors (Lipinski definition) is 0. The fourth-order valence-electron chi connectivity index (χ4n) is 1.57. The first-order valence-electron chi connectivity index (χ1n) is 4.88. The van der Waals surface area contributed by atoms with Crippen molar-refractivity contribution in [2.24, 2.45) is 0 Å². The van der Waals surface area contributed by atoms with E-state index in [1.807, 2.05) is 0 Å². The Hall–Kier alpha value is -1.46. The molecule has 2 aromatic rings. The van der Waals surface area contributed by atoms with Crippen molar-refractivity contribution in [3.63, 3.8) is 0 Å². The molecule has 17 heavy (non-hydrogen) atoms. The zero-order valence-corrected chi connectivity index (χ0v) is 10.3. The summed E-state index contributed by atoms with van der Waals surface area (Å²) in [5.74, 6) is 0.178. The molecule has 0 aliphatic heterocycles. The second-order valence-electron chi connectivity index (χ2n) is 3.45. The van der Waals surface area contributed by atoms with Crippen LogP contribution in [0.3, 0.4) is 0 Å². The summed E-state index contributed by atoms with van der Waals surface area (Å²) in [5.41, 5.74) is 0.519. The van der Waals surface area contributed by atoms with Crippen LogP contribution in [0.2, 0.25) is 0 Å². The number of Topliss-reactive ketones (excluding diaryl/α,β-unsaturated/α-hetero) is 1. The standard InChI is InChI=1S/C11H8ClNO3S/c12-4-3-10(14)9-6-17-11-2-1-7(13(15)16)5-8(9)11/h1-2,5-6H,3-4H2. The van der Waals surface area contributed by atoms with Gasteiger partial charge in [0, 0.05) is 45.5 Å². The number of benzene rings is 1. The zero-order chi connectivity index (χ0) is 12.4. The van der Waals surface area contributed by atoms with E-state index in [-0.39, 0.29) is 23.8 Å². The number of nitro groups is 1. The highest BCUT2D eigenvalue weighted by Crippen LogP contribution is 2.30. The number of thiophene rings is 1. The lowest BCUT2D eigenvalue weighted by molar-refractivity contribution is -0.384. The zero-order valence-electron chi connectivity index (χ0n) is 8.68. The lowest BCUT2D eigenvalue weighted by atomic mass is 10.1. The second kappa shape index (κ2) is 4.81. The molecule has 0 atom stereocenters. The van der Waals surface area contributed by atoms with Crippen molar-refractivity contribution >= 4 is 44.5 Å². The molecule has 6 heteroatoms. The average Bonchev–Trinajstić information content (AvgIpc) is 2.71. The number of halogens is 1. The summed E-state index contributed by atoms with van der Waals surface area (Å²) in [7, 11) is 0. The number of non-ortho nitro benzene ring substituents is 1. The Kier molecular flexibility index (Phi) is 3.40. The Morgan fingerprint density at radius 1 is 1.47 bits per heavy atom. The minimum Gasteiger partial charge on any atom is -0.294 e. The maximum absolute atomic E-state index is 11.8. The van der Waals surface area contributed by atoms with E-state index >= 15 is 0 Å². The van der Waals surface area contributed by atoms with E-state index in [4.69, 9.17) is 11.6 Å². The maximum Gasteiger partial charge on any atom is 0.270 e. The number of ketones is 1. The van der Waals surface area contributed by atoms with Gasteiger partial charge in [0.25, 0.3) is 5.69 Å². The van der Waals surface area contributed by atoms with Crippen molar-refractivity contribution < 1.29 is 9.72 Å². The third-order valence-electron chi connectivity index (χ3n) is 2.39. The second-order valence-corrected chi connectivity index (χ2v) is 4.74. The van der Waals surface area contributed by atoms with Crippen LogP contribution in [0.4, 0.5) is 5.69 Å². The van der Waals surface area contributed by atoms with Crippen molar-refractivity contribution in [3.05, 3.63) is 39.3 Å². The summed E-state index contributed by atoms with van der Waals surface area (Å²) in [4.78, 5) is 22.0. The van der Waals surface area contributed by atoms with E-state index in [2.05, 4.69) is 0 Å². The number of hydrogen-bond acceptors (Lipinski definition) is 4. The SMILES string of the molecule is O=C(CCCl)c1csc2ccc([N+](=O)[O-])cc12. The van der Waals surface area contributed by atoms with E-state index in [1.54, 1.807) is 11.4 Å². The molecule has 0 bridgehead atoms. The van der Waals surface area contributed by atoms with Gasteiger partial charge in [0.2, 0.25) is 0 Å². The molecule has 0 aliphatic carbocycles. The highest BCUT2D eigenvalue weighted by Gasteiger charge is 2.15. The normalized spacial score (nSPS) is 10.6. The summed E-state index contributed by atoms with van der Waals surface area (Å²) in [6.07, 6.45) is 0.246. The summed E-state index contributed by atoms with van der Waals surface area (Å²) in [6.45, 7) is 0. The van der Waals surface area contributed by atoms with Crippen LogP contribution in [-0.4, -0.2) is 16.6 Å². The Morgan fingerprint density at radius 3 is 2.88 bits per heavy atom. The number of nitrogens with zero attached hydrogens (tertiary/aromatic N) is 1. The van der Waals surface area contributed by atoms with Crippen molar-refractivity contribution in [2.45, 2.75) is 6.42 Å². The highest BCUT2D eigenvalue weighted by atomic mass is 35.5. The molecule has 1 aromatic heterocycles. The molecule has 0 saturated heterocycles. The van der Waals surface area contributed by atoms with Gasteiger partial charge in [0.15, 0.2) is 5.78 Å². The maximum atomic E-state index is 11.8. The predicted molar refractivity (Wildman–Crippen MR) is 68.1 cm³/mol. The fraction of sp³-hybridized carbons (Fsp3) is 0.182. The molecule has 1 heterocycles. The molecule has 1 aromatic carbocycles. The molecule has 0 fully saturated rings. The Bertz CT molecular complexity index is 593. The summed E-state index contributed by atoms with van der Waals surface area (Å²) < 4.78 is 0.869. The molecule has 0 radical (unpaired) electrons. The number of nitro benzene ring substituents is 1. The molecule has 0 saturated carbocycles. The van der Waals surface area contributed by atoms with Crippen LogP contribution in [0, 0.1) is 10.1 Å². The first kappa shape index (κ1) is 12.0. The Balaban J connectivity index is 2.54. The molecule has 0 spiro atoms. The van der Waals surface area contributed by atoms with Gasteiger partial charge >= 0.3 is 0 Å². The van der Waals surface area contributed by atoms with Crippen molar-refractivity contribution in [1.29, 1.82) is 0 Å². The largest absolute Gasteiger partial charge is 0.294 e. The van der Waals surface area contributed by atoms with Crippen LogP contribution < -0.4 is 0 Å². The van der Waals surface area contributed by atoms with E-state index in [1.165, 1.54) is 23.5 Å². The van der Waals surface area contributed by atoms with Gasteiger partial charge in [-0.3, -0.25) is 14.9 Å². The predicted octanol–water partition coefficient (Wildman–Crippen LogP) is 3.62. The van der Waals surface area contributed by atoms with Gasteiger partial charge in [0.1, 0.15) is 0 Å². The molecule has 88 valence electrons. The number of carbonyl (C=O) groups excluding carboxylic acids is 1. The van der Waals surface area contributed by atoms with Crippen LogP contribution in [0.1, 0.15) is 16.8 Å². The Morgan fingerprint density at radius 2 is 2.24 bits per heavy atom. The fourth-order valence-corrected chi connectivity index (χ4v) is 2.68. The highest BCUT2D eigenvalue weighted by molar-refractivity contribution is 7.17. The van der Waals surface area contributed by atoms with Crippen molar-refractivity contribution in [3.8, 4) is 0 Å². The molecule has 4 nitrogen and oxygen atoms in total. The summed E-state index contributed by atoms with van der Waals surface area (Å²) in [5, 5.41) is 13.0. The molecule has 0 amide bonds. The smallest absolute Gasteiger partial charge is 0.270 e. The molecule has 2 rings (SSSR count). The van der Waals surface area contributed by atoms with E-state index in [0.29, 0.717) is 10.9 Å². The lowest BCUT2D eigenvalue weighted by Gasteiger charge is -1.97. The topological polar surface area (TPSA) is 60.2 Å². The van der Waals surface area contributed by atoms with Crippen LogP contribution in [0.15, 0.2) is 23.6 Å². The minimum absolute atomic E-state index is 0.00387. The van der Waals surface area contributed by atoms with Crippen LogP contribution in [-0.2, 0) is 0 Å². The first-order valence-corrected chi connectivity index (χ1v) is 6.29. The quantitative estimate of drug-likeness (QED) is 0.369. The van der Waals surface area contributed by atoms with Gasteiger partial charge in [-0.15, -0.1) is 22.9 Å². The number of fused-ring (bicyclic) bond motifs is 1. The van der Waals surface area contributed by atoms with E-state index in [9.17, 15) is 14.9 Å². The number of rotatable bonds is 4. The first-order chi connectivity index (χ1) is 8.13. The average molecular weight is 270 g/mol. The third-order valence-corrected chi connectivity index (χ3v) is 3.54. The third kappa shape index (κ3) is 2.30. The van der Waals surface area contributed by atoms with Crippen molar-refractivity contribution in [2.75, 3.05) is 5.88 Å². The molecular formula is C11H8ClNO3S. The van der Waals surface area contributed by atoms with Gasteiger partial charge in [-0.1, -0.05) is 0 Å². The molecule has 0 N–H and O–H groups in total. The van der Waals surface area contributed by atoms with Gasteiger partial charge in [-0.25, -0.2) is 0 Å². The van der Waals surface area contributed by atoms with Gasteiger partial charge in [-0.05, 0) is 6.07 Å². The Labute approximate surface area is 106 Å². The monoisotopic (exact) mass is 269 g/mol. The molecule has 0 unspecified atom stereocenters. The summed E-state index contributed by atoms with van der Waals surface area (Å²) >= 11 is 6.92. The van der Waals surface area contributed by atoms with Gasteiger partial charge in [0.05, 0.1) is 4.92 Å².